The first-order chi connectivity index (χ1) is 13.0. The van der Waals surface area contributed by atoms with Gasteiger partial charge in [-0.05, 0) is 19.1 Å². The number of hydrogen-bond acceptors (Lipinski definition) is 10. The molecule has 0 fully saturated rings. The summed E-state index contributed by atoms with van der Waals surface area (Å²) in [5.74, 6) is -0.983. The van der Waals surface area contributed by atoms with Gasteiger partial charge in [0.25, 0.3) is 20.2 Å². The minimum absolute atomic E-state index is 0.00242. The van der Waals surface area contributed by atoms with Crippen molar-refractivity contribution in [3.63, 3.8) is 0 Å². The molecule has 2 aromatic rings. The summed E-state index contributed by atoms with van der Waals surface area (Å²) >= 11 is 0. The molecule has 1 aromatic heterocycles. The van der Waals surface area contributed by atoms with E-state index in [0.29, 0.717) is 5.69 Å². The van der Waals surface area contributed by atoms with Gasteiger partial charge in [-0.2, -0.15) is 31.8 Å². The van der Waals surface area contributed by atoms with Crippen molar-refractivity contribution in [2.75, 3.05) is 40.5 Å². The molecule has 0 amide bonds. The molecule has 0 aliphatic carbocycles. The maximum absolute atomic E-state index is 10.8. The molecule has 0 saturated carbocycles. The molecular weight excluding hydrogens is 412 g/mol. The van der Waals surface area contributed by atoms with Crippen molar-refractivity contribution >= 4 is 43.8 Å². The highest BCUT2D eigenvalue weighted by molar-refractivity contribution is 7.86. The van der Waals surface area contributed by atoms with Crippen molar-refractivity contribution in [3.05, 3.63) is 29.8 Å². The van der Waals surface area contributed by atoms with Crippen LogP contribution in [0, 0.1) is 6.92 Å². The zero-order chi connectivity index (χ0) is 20.8. The Balaban J connectivity index is 2.17. The molecule has 0 atom stereocenters. The van der Waals surface area contributed by atoms with Gasteiger partial charge >= 0.3 is 0 Å². The third kappa shape index (κ3) is 8.43. The van der Waals surface area contributed by atoms with E-state index in [4.69, 9.17) is 9.11 Å². The Morgan fingerprint density at radius 1 is 0.786 bits per heavy atom. The van der Waals surface area contributed by atoms with E-state index in [1.807, 2.05) is 19.1 Å². The lowest BCUT2D eigenvalue weighted by Gasteiger charge is -2.11. The number of anilines is 4. The smallest absolute Gasteiger partial charge is 0.266 e. The quantitative estimate of drug-likeness (QED) is 0.328. The van der Waals surface area contributed by atoms with E-state index in [9.17, 15) is 16.8 Å². The van der Waals surface area contributed by atoms with E-state index < -0.39 is 31.7 Å². The van der Waals surface area contributed by atoms with Crippen molar-refractivity contribution in [1.82, 2.24) is 15.0 Å². The second-order valence-corrected chi connectivity index (χ2v) is 8.87. The first-order valence-electron chi connectivity index (χ1n) is 7.98. The molecular formula is C14H20N6O6S2. The van der Waals surface area contributed by atoms with Crippen LogP contribution >= 0.6 is 0 Å². The van der Waals surface area contributed by atoms with Gasteiger partial charge in [0.15, 0.2) is 0 Å². The molecule has 0 spiro atoms. The van der Waals surface area contributed by atoms with Crippen molar-refractivity contribution in [2.24, 2.45) is 0 Å². The zero-order valence-corrected chi connectivity index (χ0v) is 16.5. The molecule has 12 nitrogen and oxygen atoms in total. The normalized spacial score (nSPS) is 11.8. The van der Waals surface area contributed by atoms with E-state index >= 15 is 0 Å². The Morgan fingerprint density at radius 2 is 1.21 bits per heavy atom. The highest BCUT2D eigenvalue weighted by Crippen LogP contribution is 2.16. The van der Waals surface area contributed by atoms with Crippen LogP contribution in [0.25, 0.3) is 0 Å². The third-order valence-corrected chi connectivity index (χ3v) is 4.67. The maximum Gasteiger partial charge on any atom is 0.266 e. The predicted octanol–water partition coefficient (Wildman–Crippen LogP) is 0.523. The largest absolute Gasteiger partial charge is 0.353 e. The molecule has 14 heteroatoms. The van der Waals surface area contributed by atoms with E-state index in [2.05, 4.69) is 30.9 Å². The van der Waals surface area contributed by atoms with Gasteiger partial charge in [-0.15, -0.1) is 0 Å². The molecule has 0 unspecified atom stereocenters. The van der Waals surface area contributed by atoms with Gasteiger partial charge in [0.05, 0.1) is 11.5 Å². The summed E-state index contributed by atoms with van der Waals surface area (Å²) in [5, 5.41) is 8.22. The first-order valence-corrected chi connectivity index (χ1v) is 11.2. The number of hydrogen-bond donors (Lipinski definition) is 5. The number of aryl methyl sites for hydroxylation is 1. The lowest BCUT2D eigenvalue weighted by molar-refractivity contribution is 0.481. The Labute approximate surface area is 162 Å². The fourth-order valence-electron chi connectivity index (χ4n) is 1.94. The van der Waals surface area contributed by atoms with E-state index in [1.165, 1.54) is 0 Å². The Bertz CT molecular complexity index is 955. The van der Waals surface area contributed by atoms with Crippen LogP contribution in [-0.2, 0) is 20.2 Å². The van der Waals surface area contributed by atoms with Gasteiger partial charge < -0.3 is 16.0 Å². The lowest BCUT2D eigenvalue weighted by atomic mass is 10.2. The molecule has 0 radical (unpaired) electrons. The number of benzene rings is 1. The topological polar surface area (TPSA) is 184 Å². The number of aromatic nitrogens is 3. The first kappa shape index (κ1) is 21.7. The summed E-state index contributed by atoms with van der Waals surface area (Å²) in [6.07, 6.45) is 0. The average Bonchev–Trinajstić information content (AvgIpc) is 2.54. The van der Waals surface area contributed by atoms with E-state index in [0.717, 1.165) is 5.56 Å². The molecule has 2 rings (SSSR count). The molecule has 0 aliphatic heterocycles. The third-order valence-electron chi connectivity index (χ3n) is 3.23. The van der Waals surface area contributed by atoms with Crippen LogP contribution in [0.2, 0.25) is 0 Å². The summed E-state index contributed by atoms with van der Waals surface area (Å²) in [6, 6.07) is 7.35. The van der Waals surface area contributed by atoms with Crippen molar-refractivity contribution in [3.8, 4) is 0 Å². The van der Waals surface area contributed by atoms with Gasteiger partial charge in [0.1, 0.15) is 0 Å². The highest BCUT2D eigenvalue weighted by Gasteiger charge is 2.10. The van der Waals surface area contributed by atoms with Crippen LogP contribution < -0.4 is 16.0 Å². The van der Waals surface area contributed by atoms with Crippen LogP contribution in [0.5, 0.6) is 0 Å². The van der Waals surface area contributed by atoms with Crippen LogP contribution in [-0.4, -0.2) is 65.5 Å². The summed E-state index contributed by atoms with van der Waals surface area (Å²) < 4.78 is 60.8. The fourth-order valence-corrected chi connectivity index (χ4v) is 2.66. The van der Waals surface area contributed by atoms with Gasteiger partial charge in [-0.1, -0.05) is 17.7 Å². The highest BCUT2D eigenvalue weighted by atomic mass is 32.2. The molecule has 5 N–H and O–H groups in total. The van der Waals surface area contributed by atoms with Gasteiger partial charge in [-0.25, -0.2) is 0 Å². The minimum Gasteiger partial charge on any atom is -0.353 e. The van der Waals surface area contributed by atoms with Gasteiger partial charge in [-0.3, -0.25) is 9.11 Å². The van der Waals surface area contributed by atoms with Crippen molar-refractivity contribution < 1.29 is 25.9 Å². The number of nitrogens with zero attached hydrogens (tertiary/aromatic N) is 3. The average molecular weight is 432 g/mol. The van der Waals surface area contributed by atoms with Crippen LogP contribution in [0.4, 0.5) is 23.5 Å². The second kappa shape index (κ2) is 9.09. The summed E-state index contributed by atoms with van der Waals surface area (Å²) in [6.45, 7) is 1.62. The molecule has 28 heavy (non-hydrogen) atoms. The van der Waals surface area contributed by atoms with Crippen LogP contribution in [0.15, 0.2) is 24.3 Å². The zero-order valence-electron chi connectivity index (χ0n) is 14.8. The van der Waals surface area contributed by atoms with Crippen LogP contribution in [0.1, 0.15) is 5.56 Å². The van der Waals surface area contributed by atoms with E-state index in [-0.39, 0.29) is 30.9 Å². The standard InChI is InChI=1S/C14H20N6O6S2/c1-10-2-4-11(5-3-10)17-14-19-12(15-6-8-27(21,22)23)18-13(20-14)16-7-9-28(24,25)26/h2-5H,6-9H2,1H3,(H,21,22,23)(H,24,25,26)(H3,15,16,17,18,19,20). The number of nitrogens with one attached hydrogen (secondary N) is 3. The molecule has 1 aromatic carbocycles. The predicted molar refractivity (Wildman–Crippen MR) is 104 cm³/mol. The molecule has 154 valence electrons. The summed E-state index contributed by atoms with van der Waals surface area (Å²) in [5.41, 5.74) is 1.74. The Kier molecular flexibility index (Phi) is 7.06. The summed E-state index contributed by atoms with van der Waals surface area (Å²) in [4.78, 5) is 12.2. The SMILES string of the molecule is Cc1ccc(Nc2nc(NCCS(=O)(=O)O)nc(NCCS(=O)(=O)O)n2)cc1. The van der Waals surface area contributed by atoms with Crippen LogP contribution in [0.3, 0.4) is 0 Å². The minimum atomic E-state index is -4.16. The van der Waals surface area contributed by atoms with Crippen molar-refractivity contribution in [1.29, 1.82) is 0 Å². The second-order valence-electron chi connectivity index (χ2n) is 5.72. The Morgan fingerprint density at radius 3 is 1.64 bits per heavy atom. The number of rotatable bonds is 10. The fraction of sp³-hybridized carbons (Fsp3) is 0.357. The maximum atomic E-state index is 10.8. The molecule has 1 heterocycles. The molecule has 0 saturated heterocycles. The monoisotopic (exact) mass is 432 g/mol. The van der Waals surface area contributed by atoms with Gasteiger partial charge in [0, 0.05) is 18.8 Å². The van der Waals surface area contributed by atoms with E-state index in [1.54, 1.807) is 12.1 Å². The Hall–Kier alpha value is -2.55. The summed E-state index contributed by atoms with van der Waals surface area (Å²) in [7, 11) is -8.31. The molecule has 0 bridgehead atoms. The lowest BCUT2D eigenvalue weighted by Crippen LogP contribution is -2.19. The van der Waals surface area contributed by atoms with Gasteiger partial charge in [0.2, 0.25) is 17.8 Å². The van der Waals surface area contributed by atoms with Crippen molar-refractivity contribution in [2.45, 2.75) is 6.92 Å². The molecule has 0 aliphatic rings.